The fourth-order valence-electron chi connectivity index (χ4n) is 6.14. The molecule has 0 N–H and O–H groups in total. The molecule has 3 unspecified atom stereocenters. The quantitative estimate of drug-likeness (QED) is 0.595. The molecule has 0 amide bonds. The maximum atomic E-state index is 2.62. The fraction of sp³-hybridized carbons (Fsp3) is 1.00. The maximum Gasteiger partial charge on any atom is 0.109 e. The van der Waals surface area contributed by atoms with Gasteiger partial charge in [-0.3, -0.25) is 0 Å². The van der Waals surface area contributed by atoms with Gasteiger partial charge < -0.3 is 0 Å². The van der Waals surface area contributed by atoms with Gasteiger partial charge in [-0.25, -0.2) is 0 Å². The van der Waals surface area contributed by atoms with E-state index < -0.39 is 0 Å². The Morgan fingerprint density at radius 3 is 2.20 bits per heavy atom. The minimum Gasteiger partial charge on any atom is -0.0667 e. The summed E-state index contributed by atoms with van der Waals surface area (Å²) in [5.74, 6) is 3.82. The molecule has 3 saturated carbocycles. The van der Waals surface area contributed by atoms with Crippen molar-refractivity contribution in [2.24, 2.45) is 34.5 Å². The van der Waals surface area contributed by atoms with Crippen molar-refractivity contribution in [3.8, 4) is 0 Å². The monoisotopic (exact) mass is 276 g/mol. The number of fused-ring (bicyclic) bond motifs is 2. The Morgan fingerprint density at radius 1 is 1.15 bits per heavy atom. The Kier molecular flexibility index (Phi) is 4.16. The third kappa shape index (κ3) is 2.10. The van der Waals surface area contributed by atoms with Gasteiger partial charge in [0.1, 0.15) is 7.85 Å². The normalized spacial score (nSPS) is 43.8. The van der Waals surface area contributed by atoms with E-state index in [0.717, 1.165) is 23.7 Å². The highest BCUT2D eigenvalue weighted by Gasteiger charge is 2.64. The standard InChI is InChI=1S/C19H37B/c1-8-10-18(6,20)15-11-14-12-16(13(15)3)19(14,7)17(4,5)9-2/h13-16H,8-12,20H2,1-7H3/t13-,14+,15?,16+,18?,19?/m1/s1. The minimum absolute atomic E-state index is 0.509. The lowest BCUT2D eigenvalue weighted by atomic mass is 9.33. The van der Waals surface area contributed by atoms with E-state index in [1.807, 2.05) is 0 Å². The molecule has 0 aromatic heterocycles. The Balaban J connectivity index is 2.21. The molecule has 0 heterocycles. The summed E-state index contributed by atoms with van der Waals surface area (Å²) in [7, 11) is 2.53. The fourth-order valence-corrected chi connectivity index (χ4v) is 6.14. The number of hydrogen-bond acceptors (Lipinski definition) is 0. The van der Waals surface area contributed by atoms with E-state index in [2.05, 4.69) is 56.3 Å². The summed E-state index contributed by atoms with van der Waals surface area (Å²) < 4.78 is 0. The smallest absolute Gasteiger partial charge is 0.0667 e. The summed E-state index contributed by atoms with van der Waals surface area (Å²) in [6, 6.07) is 0. The molecule has 3 fully saturated rings. The van der Waals surface area contributed by atoms with Crippen molar-refractivity contribution in [2.45, 2.75) is 85.9 Å². The molecule has 116 valence electrons. The van der Waals surface area contributed by atoms with Crippen molar-refractivity contribution in [1.29, 1.82) is 0 Å². The lowest BCUT2D eigenvalue weighted by Gasteiger charge is -2.70. The first-order chi connectivity index (χ1) is 9.11. The van der Waals surface area contributed by atoms with Crippen LogP contribution >= 0.6 is 0 Å². The highest BCUT2D eigenvalue weighted by molar-refractivity contribution is 6.15. The molecule has 0 aliphatic heterocycles. The molecule has 0 aromatic rings. The SMILES string of the molecule is BC(C)(CCC)C1C[C@H]2C[C@@H]([C@@H]1C)C2(C)C(C)(C)CC. The Morgan fingerprint density at radius 2 is 1.75 bits per heavy atom. The van der Waals surface area contributed by atoms with Crippen molar-refractivity contribution >= 4 is 7.85 Å². The molecular formula is C19H37B. The summed E-state index contributed by atoms with van der Waals surface area (Å²) >= 11 is 0. The zero-order chi connectivity index (χ0) is 15.3. The third-order valence-electron chi connectivity index (χ3n) is 8.20. The van der Waals surface area contributed by atoms with Crippen LogP contribution in [0.2, 0.25) is 5.31 Å². The second-order valence-electron chi connectivity index (χ2n) is 9.50. The van der Waals surface area contributed by atoms with Crippen LogP contribution in [-0.2, 0) is 0 Å². The van der Waals surface area contributed by atoms with Gasteiger partial charge in [-0.05, 0) is 47.3 Å². The summed E-state index contributed by atoms with van der Waals surface area (Å²) in [6.45, 7) is 17.5. The average Bonchev–Trinajstić information content (AvgIpc) is 2.36. The Bertz CT molecular complexity index is 357. The van der Waals surface area contributed by atoms with Crippen LogP contribution in [0.4, 0.5) is 0 Å². The van der Waals surface area contributed by atoms with Crippen LogP contribution in [0.1, 0.15) is 80.6 Å². The molecule has 2 bridgehead atoms. The lowest BCUT2D eigenvalue weighted by Crippen LogP contribution is -2.63. The van der Waals surface area contributed by atoms with Crippen LogP contribution in [0.3, 0.4) is 0 Å². The van der Waals surface area contributed by atoms with Crippen LogP contribution in [0.5, 0.6) is 0 Å². The lowest BCUT2D eigenvalue weighted by molar-refractivity contribution is -0.208. The van der Waals surface area contributed by atoms with Crippen LogP contribution in [0, 0.1) is 34.5 Å². The average molecular weight is 276 g/mol. The highest BCUT2D eigenvalue weighted by atomic mass is 14.7. The van der Waals surface area contributed by atoms with Gasteiger partial charge in [-0.1, -0.05) is 73.0 Å². The van der Waals surface area contributed by atoms with Gasteiger partial charge in [0.25, 0.3) is 0 Å². The van der Waals surface area contributed by atoms with Crippen LogP contribution in [-0.4, -0.2) is 7.85 Å². The van der Waals surface area contributed by atoms with Crippen molar-refractivity contribution in [3.05, 3.63) is 0 Å². The largest absolute Gasteiger partial charge is 0.109 e. The molecule has 0 aromatic carbocycles. The van der Waals surface area contributed by atoms with E-state index in [1.165, 1.54) is 32.1 Å². The van der Waals surface area contributed by atoms with Crippen LogP contribution < -0.4 is 0 Å². The first kappa shape index (κ1) is 16.4. The zero-order valence-electron chi connectivity index (χ0n) is 15.3. The first-order valence-electron chi connectivity index (χ1n) is 9.11. The maximum absolute atomic E-state index is 2.62. The molecule has 0 spiro atoms. The van der Waals surface area contributed by atoms with E-state index >= 15 is 0 Å². The second kappa shape index (κ2) is 5.06. The third-order valence-corrected chi connectivity index (χ3v) is 8.20. The summed E-state index contributed by atoms with van der Waals surface area (Å²) in [5, 5.41) is 0.544. The van der Waals surface area contributed by atoms with Gasteiger partial charge in [0.05, 0.1) is 0 Å². The molecule has 3 rings (SSSR count). The Hall–Kier alpha value is 0.0649. The number of rotatable bonds is 5. The van der Waals surface area contributed by atoms with Gasteiger partial charge in [0.15, 0.2) is 0 Å². The zero-order valence-corrected chi connectivity index (χ0v) is 15.3. The van der Waals surface area contributed by atoms with Gasteiger partial charge in [0, 0.05) is 0 Å². The molecule has 20 heavy (non-hydrogen) atoms. The van der Waals surface area contributed by atoms with E-state index in [0.29, 0.717) is 16.1 Å². The molecule has 0 nitrogen and oxygen atoms in total. The Labute approximate surface area is 128 Å². The molecule has 0 saturated heterocycles. The van der Waals surface area contributed by atoms with Crippen LogP contribution in [0.25, 0.3) is 0 Å². The van der Waals surface area contributed by atoms with Gasteiger partial charge in [0.2, 0.25) is 0 Å². The number of hydrogen-bond donors (Lipinski definition) is 0. The predicted octanol–water partition coefficient (Wildman–Crippen LogP) is 5.33. The second-order valence-corrected chi connectivity index (χ2v) is 9.50. The summed E-state index contributed by atoms with van der Waals surface area (Å²) in [5.41, 5.74) is 1.11. The predicted molar refractivity (Wildman–Crippen MR) is 92.9 cm³/mol. The topological polar surface area (TPSA) is 0 Å². The highest BCUT2D eigenvalue weighted by Crippen LogP contribution is 2.72. The first-order valence-corrected chi connectivity index (χ1v) is 9.11. The summed E-state index contributed by atoms with van der Waals surface area (Å²) in [4.78, 5) is 0. The van der Waals surface area contributed by atoms with Gasteiger partial charge in [-0.2, -0.15) is 0 Å². The summed E-state index contributed by atoms with van der Waals surface area (Å²) in [6.07, 6.45) is 7.06. The van der Waals surface area contributed by atoms with Crippen molar-refractivity contribution in [1.82, 2.24) is 0 Å². The van der Waals surface area contributed by atoms with Gasteiger partial charge >= 0.3 is 0 Å². The van der Waals surface area contributed by atoms with Crippen LogP contribution in [0.15, 0.2) is 0 Å². The van der Waals surface area contributed by atoms with E-state index in [1.54, 1.807) is 0 Å². The van der Waals surface area contributed by atoms with Crippen molar-refractivity contribution in [2.75, 3.05) is 0 Å². The van der Waals surface area contributed by atoms with Gasteiger partial charge in [-0.15, -0.1) is 0 Å². The molecular weight excluding hydrogens is 239 g/mol. The van der Waals surface area contributed by atoms with E-state index in [9.17, 15) is 0 Å². The van der Waals surface area contributed by atoms with E-state index in [-0.39, 0.29) is 0 Å². The molecule has 1 heteroatoms. The van der Waals surface area contributed by atoms with Crippen molar-refractivity contribution < 1.29 is 0 Å². The molecule has 3 aliphatic rings. The van der Waals surface area contributed by atoms with E-state index in [4.69, 9.17) is 0 Å². The molecule has 0 radical (unpaired) electrons. The molecule has 3 aliphatic carbocycles. The molecule has 6 atom stereocenters. The van der Waals surface area contributed by atoms with Crippen molar-refractivity contribution in [3.63, 3.8) is 0 Å². The minimum atomic E-state index is 0.509.